The van der Waals surface area contributed by atoms with E-state index in [0.29, 0.717) is 18.9 Å². The number of hydrogen-bond acceptors (Lipinski definition) is 6. The summed E-state index contributed by atoms with van der Waals surface area (Å²) in [5.41, 5.74) is -2.86. The number of carbonyl (C=O) groups excluding carboxylic acids is 3. The maximum atomic E-state index is 14.7. The first-order valence-corrected chi connectivity index (χ1v) is 13.9. The van der Waals surface area contributed by atoms with Gasteiger partial charge in [0, 0.05) is 20.2 Å². The topological polar surface area (TPSA) is 138 Å². The van der Waals surface area contributed by atoms with Crippen LogP contribution in [0.3, 0.4) is 0 Å². The number of guanidine groups is 1. The van der Waals surface area contributed by atoms with Crippen molar-refractivity contribution in [3.8, 4) is 0 Å². The van der Waals surface area contributed by atoms with E-state index in [0.717, 1.165) is 21.9 Å². The molecule has 0 aromatic heterocycles. The first kappa shape index (κ1) is 31.9. The predicted molar refractivity (Wildman–Crippen MR) is 151 cm³/mol. The minimum absolute atomic E-state index is 0.0709. The number of carbonyl (C=O) groups is 4. The van der Waals surface area contributed by atoms with E-state index in [-0.39, 0.29) is 5.56 Å². The summed E-state index contributed by atoms with van der Waals surface area (Å²) in [6, 6.07) is 1.18. The Kier molecular flexibility index (Phi) is 8.60. The molecule has 3 aliphatic rings. The SMILES string of the molecule is CN(C)C(=O)OC[C@H](N1C(=O)[C@](c2cc(F)cc(F)c2)(C2CC2)N/C1=N/C(=O)OC(C)(C)C)C1(Cl)C=CC=CC1C(=O)O. The zero-order valence-corrected chi connectivity index (χ0v) is 25.0. The predicted octanol–water partition coefficient (Wildman–Crippen LogP) is 4.16. The molecule has 1 aromatic carbocycles. The number of nitrogens with one attached hydrogen (secondary N) is 1. The third-order valence-electron chi connectivity index (χ3n) is 7.25. The highest BCUT2D eigenvalue weighted by Gasteiger charge is 2.64. The van der Waals surface area contributed by atoms with E-state index in [1.807, 2.05) is 0 Å². The van der Waals surface area contributed by atoms with Crippen molar-refractivity contribution in [3.63, 3.8) is 0 Å². The van der Waals surface area contributed by atoms with E-state index in [4.69, 9.17) is 21.1 Å². The number of ether oxygens (including phenoxy) is 2. The summed E-state index contributed by atoms with van der Waals surface area (Å²) < 4.78 is 39.8. The van der Waals surface area contributed by atoms with E-state index in [1.165, 1.54) is 38.4 Å². The molecule has 2 unspecified atom stereocenters. The Hall–Kier alpha value is -4.00. The summed E-state index contributed by atoms with van der Waals surface area (Å²) in [5, 5.41) is 13.0. The fraction of sp³-hybridized carbons (Fsp3) is 0.483. The molecule has 232 valence electrons. The number of carboxylic acid groups (broad SMARTS) is 1. The maximum absolute atomic E-state index is 14.7. The van der Waals surface area contributed by atoms with Crippen LogP contribution in [-0.2, 0) is 24.6 Å². The van der Waals surface area contributed by atoms with Crippen molar-refractivity contribution in [3.05, 3.63) is 59.7 Å². The van der Waals surface area contributed by atoms with Gasteiger partial charge in [-0.3, -0.25) is 14.5 Å². The zero-order valence-electron chi connectivity index (χ0n) is 24.3. The molecule has 1 heterocycles. The van der Waals surface area contributed by atoms with E-state index in [9.17, 15) is 33.1 Å². The van der Waals surface area contributed by atoms with E-state index in [1.54, 1.807) is 20.8 Å². The second-order valence-electron chi connectivity index (χ2n) is 11.8. The number of aliphatic imine (C=N–C) groups is 1. The van der Waals surface area contributed by atoms with Gasteiger partial charge in [0.15, 0.2) is 0 Å². The lowest BCUT2D eigenvalue weighted by Gasteiger charge is -2.41. The number of rotatable bonds is 7. The van der Waals surface area contributed by atoms with Gasteiger partial charge in [-0.25, -0.2) is 18.4 Å². The molecule has 11 nitrogen and oxygen atoms in total. The van der Waals surface area contributed by atoms with Crippen molar-refractivity contribution < 1.29 is 42.5 Å². The average molecular weight is 623 g/mol. The minimum atomic E-state index is -1.94. The van der Waals surface area contributed by atoms with Gasteiger partial charge >= 0.3 is 18.2 Å². The summed E-state index contributed by atoms with van der Waals surface area (Å²) in [5.74, 6) is -6.36. The first-order chi connectivity index (χ1) is 20.0. The number of hydrogen-bond donors (Lipinski definition) is 2. The zero-order chi connectivity index (χ0) is 31.9. The lowest BCUT2D eigenvalue weighted by atomic mass is 9.80. The van der Waals surface area contributed by atoms with Crippen LogP contribution in [-0.4, -0.2) is 82.1 Å². The van der Waals surface area contributed by atoms with Crippen molar-refractivity contribution >= 4 is 41.6 Å². The lowest BCUT2D eigenvalue weighted by Crippen LogP contribution is -2.59. The van der Waals surface area contributed by atoms with Crippen molar-refractivity contribution in [2.45, 2.75) is 55.7 Å². The van der Waals surface area contributed by atoms with Gasteiger partial charge < -0.3 is 24.8 Å². The standard InChI is InChI=1S/C29H33ClF2N4O7/c1-27(2,3)43-25(40)33-24-34-29(16-9-10-16,17-12-18(31)14-19(32)13-17)23(39)36(24)21(15-42-26(41)35(4)5)28(30)11-7-6-8-20(28)22(37)38/h6-8,11-14,16,20-21H,9-10,15H2,1-5H3,(H,37,38)(H,33,34,40)/t20?,21-,28?,29+/m0/s1. The van der Waals surface area contributed by atoms with Crippen LogP contribution in [0, 0.1) is 23.5 Å². The molecule has 14 heteroatoms. The Balaban J connectivity index is 1.94. The van der Waals surface area contributed by atoms with Crippen LogP contribution < -0.4 is 5.32 Å². The summed E-state index contributed by atoms with van der Waals surface area (Å²) >= 11 is 7.07. The number of carboxylic acids is 1. The molecule has 1 saturated heterocycles. The van der Waals surface area contributed by atoms with Crippen LogP contribution in [0.5, 0.6) is 0 Å². The average Bonchev–Trinajstić information content (AvgIpc) is 3.68. The molecule has 2 aliphatic carbocycles. The first-order valence-electron chi connectivity index (χ1n) is 13.5. The summed E-state index contributed by atoms with van der Waals surface area (Å²) in [4.78, 5) is 56.7. The van der Waals surface area contributed by atoms with Gasteiger partial charge in [0.2, 0.25) is 5.96 Å². The summed E-state index contributed by atoms with van der Waals surface area (Å²) in [7, 11) is 2.84. The Bertz CT molecular complexity index is 1400. The van der Waals surface area contributed by atoms with Crippen LogP contribution >= 0.6 is 11.6 Å². The van der Waals surface area contributed by atoms with Crippen molar-refractivity contribution in [1.82, 2.24) is 15.1 Å². The second-order valence-corrected chi connectivity index (χ2v) is 12.5. The second kappa shape index (κ2) is 11.6. The normalized spacial score (nSPS) is 26.7. The molecule has 1 aromatic rings. The van der Waals surface area contributed by atoms with Crippen molar-refractivity contribution in [2.24, 2.45) is 16.8 Å². The van der Waals surface area contributed by atoms with Crippen LogP contribution in [0.2, 0.25) is 0 Å². The largest absolute Gasteiger partial charge is 0.481 e. The van der Waals surface area contributed by atoms with Gasteiger partial charge in [0.25, 0.3) is 5.91 Å². The lowest BCUT2D eigenvalue weighted by molar-refractivity contribution is -0.143. The molecule has 0 spiro atoms. The van der Waals surface area contributed by atoms with Crippen LogP contribution in [0.4, 0.5) is 18.4 Å². The van der Waals surface area contributed by atoms with Crippen LogP contribution in [0.25, 0.3) is 0 Å². The monoisotopic (exact) mass is 622 g/mol. The quantitative estimate of drug-likeness (QED) is 0.433. The summed E-state index contributed by atoms with van der Waals surface area (Å²) in [6.07, 6.45) is 4.64. The third-order valence-corrected chi connectivity index (χ3v) is 7.87. The molecular weight excluding hydrogens is 590 g/mol. The molecule has 4 atom stereocenters. The van der Waals surface area contributed by atoms with Crippen LogP contribution in [0.15, 0.2) is 47.5 Å². The molecule has 3 amide bonds. The number of alkyl halides is 1. The van der Waals surface area contributed by atoms with Gasteiger partial charge in [0.1, 0.15) is 34.3 Å². The molecular formula is C29H33ClF2N4O7. The molecule has 0 bridgehead atoms. The molecule has 43 heavy (non-hydrogen) atoms. The molecule has 0 radical (unpaired) electrons. The van der Waals surface area contributed by atoms with Gasteiger partial charge in [0.05, 0.1) is 12.0 Å². The molecule has 2 fully saturated rings. The molecule has 1 saturated carbocycles. The fourth-order valence-corrected chi connectivity index (χ4v) is 5.62. The Morgan fingerprint density at radius 2 is 1.81 bits per heavy atom. The highest BCUT2D eigenvalue weighted by molar-refractivity contribution is 6.28. The number of amides is 3. The number of allylic oxidation sites excluding steroid dienone is 2. The van der Waals surface area contributed by atoms with Crippen LogP contribution in [0.1, 0.15) is 39.2 Å². The molecule has 2 N–H and O–H groups in total. The van der Waals surface area contributed by atoms with Gasteiger partial charge in [-0.05, 0) is 57.2 Å². The van der Waals surface area contributed by atoms with Gasteiger partial charge in [-0.2, -0.15) is 0 Å². The van der Waals surface area contributed by atoms with Crippen molar-refractivity contribution in [2.75, 3.05) is 20.7 Å². The highest BCUT2D eigenvalue weighted by atomic mass is 35.5. The Morgan fingerprint density at radius 1 is 1.19 bits per heavy atom. The Labute approximate surface area is 252 Å². The van der Waals surface area contributed by atoms with Crippen molar-refractivity contribution in [1.29, 1.82) is 0 Å². The van der Waals surface area contributed by atoms with E-state index < -0.39 is 82.2 Å². The van der Waals surface area contributed by atoms with Gasteiger partial charge in [-0.1, -0.05) is 24.3 Å². The molecule has 4 rings (SSSR count). The number of aliphatic carboxylic acids is 1. The van der Waals surface area contributed by atoms with Gasteiger partial charge in [-0.15, -0.1) is 16.6 Å². The highest BCUT2D eigenvalue weighted by Crippen LogP contribution is 2.51. The Morgan fingerprint density at radius 3 is 2.35 bits per heavy atom. The minimum Gasteiger partial charge on any atom is -0.481 e. The third kappa shape index (κ3) is 6.36. The van der Waals surface area contributed by atoms with E-state index >= 15 is 0 Å². The van der Waals surface area contributed by atoms with E-state index in [2.05, 4.69) is 10.3 Å². The smallest absolute Gasteiger partial charge is 0.437 e. The number of benzene rings is 1. The number of halogens is 3. The fourth-order valence-electron chi connectivity index (χ4n) is 5.22. The summed E-state index contributed by atoms with van der Waals surface area (Å²) in [6.45, 7) is 4.18. The maximum Gasteiger partial charge on any atom is 0.437 e. The molecule has 1 aliphatic heterocycles. The number of nitrogens with zero attached hydrogens (tertiary/aromatic N) is 3.